The van der Waals surface area contributed by atoms with Gasteiger partial charge in [-0.05, 0) is 26.8 Å². The van der Waals surface area contributed by atoms with Crippen molar-refractivity contribution in [2.45, 2.75) is 26.4 Å². The van der Waals surface area contributed by atoms with E-state index in [4.69, 9.17) is 4.74 Å². The second-order valence-electron chi connectivity index (χ2n) is 4.63. The minimum Gasteiger partial charge on any atom is -0.444 e. The third-order valence-corrected chi connectivity index (χ3v) is 1.87. The highest BCUT2D eigenvalue weighted by Gasteiger charge is 2.17. The first-order valence-electron chi connectivity index (χ1n) is 5.39. The Morgan fingerprint density at radius 2 is 2.11 bits per heavy atom. The molecule has 1 rings (SSSR count). The lowest BCUT2D eigenvalue weighted by molar-refractivity contribution is 0.0520. The highest BCUT2D eigenvalue weighted by atomic mass is 19.1. The molecule has 0 saturated heterocycles. The summed E-state index contributed by atoms with van der Waals surface area (Å²) in [6.07, 6.45) is 1.54. The van der Waals surface area contributed by atoms with E-state index in [0.29, 0.717) is 0 Å². The van der Waals surface area contributed by atoms with Gasteiger partial charge < -0.3 is 10.1 Å². The maximum atomic E-state index is 13.2. The largest absolute Gasteiger partial charge is 0.444 e. The summed E-state index contributed by atoms with van der Waals surface area (Å²) in [5.41, 5.74) is -0.754. The summed E-state index contributed by atoms with van der Waals surface area (Å²) < 4.78 is 18.2. The minimum atomic E-state index is -0.717. The number of carbonyl (C=O) groups excluding carboxylic acids is 2. The van der Waals surface area contributed by atoms with Crippen molar-refractivity contribution in [3.8, 4) is 0 Å². The van der Waals surface area contributed by atoms with Crippen LogP contribution in [0.2, 0.25) is 0 Å². The lowest BCUT2D eigenvalue weighted by Crippen LogP contribution is -2.35. The van der Waals surface area contributed by atoms with Crippen LogP contribution in [0.25, 0.3) is 0 Å². The second kappa shape index (κ2) is 5.57. The number of hydrogen-bond donors (Lipinski definition) is 1. The van der Waals surface area contributed by atoms with Gasteiger partial charge in [0, 0.05) is 6.20 Å². The first-order chi connectivity index (χ1) is 8.29. The van der Waals surface area contributed by atoms with Crippen molar-refractivity contribution < 1.29 is 18.7 Å². The van der Waals surface area contributed by atoms with Gasteiger partial charge in [-0.25, -0.2) is 9.18 Å². The molecule has 0 radical (unpaired) electrons. The molecule has 0 aliphatic heterocycles. The van der Waals surface area contributed by atoms with E-state index in [0.717, 1.165) is 6.20 Å². The number of ketones is 1. The lowest BCUT2D eigenvalue weighted by atomic mass is 10.1. The Morgan fingerprint density at radius 3 is 2.67 bits per heavy atom. The molecular formula is C12H15FN2O3. The number of alkyl carbamates (subject to hydrolysis) is 1. The Kier molecular flexibility index (Phi) is 4.36. The topological polar surface area (TPSA) is 68.3 Å². The van der Waals surface area contributed by atoms with Crippen LogP contribution in [-0.2, 0) is 4.74 Å². The van der Waals surface area contributed by atoms with E-state index < -0.39 is 23.3 Å². The summed E-state index contributed by atoms with van der Waals surface area (Å²) in [6, 6.07) is 1.26. The molecule has 5 nitrogen and oxygen atoms in total. The van der Waals surface area contributed by atoms with Gasteiger partial charge in [-0.3, -0.25) is 9.78 Å². The van der Waals surface area contributed by atoms with E-state index in [1.54, 1.807) is 20.8 Å². The molecule has 1 aromatic heterocycles. The molecule has 1 heterocycles. The molecule has 6 heteroatoms. The van der Waals surface area contributed by atoms with Crippen molar-refractivity contribution in [3.63, 3.8) is 0 Å². The molecule has 1 N–H and O–H groups in total. The number of carbonyl (C=O) groups is 2. The van der Waals surface area contributed by atoms with Gasteiger partial charge in [0.15, 0.2) is 11.6 Å². The van der Waals surface area contributed by atoms with E-state index in [2.05, 4.69) is 10.3 Å². The number of amides is 1. The number of nitrogens with zero attached hydrogens (tertiary/aromatic N) is 1. The van der Waals surface area contributed by atoms with Crippen LogP contribution in [0, 0.1) is 5.82 Å². The molecule has 0 fully saturated rings. The zero-order valence-corrected chi connectivity index (χ0v) is 10.5. The predicted molar refractivity (Wildman–Crippen MR) is 62.8 cm³/mol. The molecule has 0 spiro atoms. The average Bonchev–Trinajstić information content (AvgIpc) is 2.24. The fourth-order valence-corrected chi connectivity index (χ4v) is 1.16. The SMILES string of the molecule is CC(C)(C)OC(=O)NCC(=O)c1ccncc1F. The van der Waals surface area contributed by atoms with Crippen LogP contribution >= 0.6 is 0 Å². The third-order valence-electron chi connectivity index (χ3n) is 1.87. The fraction of sp³-hybridized carbons (Fsp3) is 0.417. The molecule has 0 atom stereocenters. The van der Waals surface area contributed by atoms with Crippen molar-refractivity contribution in [2.24, 2.45) is 0 Å². The van der Waals surface area contributed by atoms with E-state index in [1.165, 1.54) is 12.3 Å². The maximum Gasteiger partial charge on any atom is 0.408 e. The third kappa shape index (κ3) is 4.48. The van der Waals surface area contributed by atoms with Crippen LogP contribution in [0.1, 0.15) is 31.1 Å². The van der Waals surface area contributed by atoms with Crippen molar-refractivity contribution in [3.05, 3.63) is 29.8 Å². The number of ether oxygens (including phenoxy) is 1. The summed E-state index contributed by atoms with van der Waals surface area (Å²) in [4.78, 5) is 26.4. The van der Waals surface area contributed by atoms with Gasteiger partial charge in [0.05, 0.1) is 18.3 Å². The molecule has 0 saturated carbocycles. The zero-order chi connectivity index (χ0) is 13.8. The van der Waals surface area contributed by atoms with Crippen LogP contribution < -0.4 is 5.32 Å². The van der Waals surface area contributed by atoms with Crippen LogP contribution in [0.5, 0.6) is 0 Å². The van der Waals surface area contributed by atoms with Crippen LogP contribution in [0.3, 0.4) is 0 Å². The van der Waals surface area contributed by atoms with Crippen LogP contribution in [-0.4, -0.2) is 29.0 Å². The highest BCUT2D eigenvalue weighted by molar-refractivity contribution is 5.98. The Hall–Kier alpha value is -1.98. The standard InChI is InChI=1S/C12H15FN2O3/c1-12(2,3)18-11(17)15-7-10(16)8-4-5-14-6-9(8)13/h4-6H,7H2,1-3H3,(H,15,17). The number of aromatic nitrogens is 1. The van der Waals surface area contributed by atoms with Crippen LogP contribution in [0.4, 0.5) is 9.18 Å². The highest BCUT2D eigenvalue weighted by Crippen LogP contribution is 2.07. The van der Waals surface area contributed by atoms with Gasteiger partial charge >= 0.3 is 6.09 Å². The first kappa shape index (κ1) is 14.1. The molecule has 1 amide bonds. The van der Waals surface area contributed by atoms with Gasteiger partial charge in [0.2, 0.25) is 0 Å². The molecule has 1 aromatic rings. The van der Waals surface area contributed by atoms with Crippen molar-refractivity contribution in [1.82, 2.24) is 10.3 Å². The molecule has 0 unspecified atom stereocenters. The summed E-state index contributed by atoms with van der Waals surface area (Å²) >= 11 is 0. The maximum absolute atomic E-state index is 13.2. The number of rotatable bonds is 3. The Balaban J connectivity index is 2.52. The van der Waals surface area contributed by atoms with Crippen molar-refractivity contribution >= 4 is 11.9 Å². The molecule has 0 aliphatic carbocycles. The number of halogens is 1. The van der Waals surface area contributed by atoms with Crippen molar-refractivity contribution in [1.29, 1.82) is 0 Å². The van der Waals surface area contributed by atoms with Gasteiger partial charge in [-0.15, -0.1) is 0 Å². The van der Waals surface area contributed by atoms with Gasteiger partial charge in [-0.1, -0.05) is 0 Å². The second-order valence-corrected chi connectivity index (χ2v) is 4.63. The molecule has 18 heavy (non-hydrogen) atoms. The molecule has 0 aliphatic rings. The molecule has 0 bridgehead atoms. The summed E-state index contributed by atoms with van der Waals surface area (Å²) in [5, 5.41) is 2.27. The summed E-state index contributed by atoms with van der Waals surface area (Å²) in [5.74, 6) is -1.26. The number of nitrogens with one attached hydrogen (secondary N) is 1. The number of pyridine rings is 1. The van der Waals surface area contributed by atoms with Crippen molar-refractivity contribution in [2.75, 3.05) is 6.54 Å². The smallest absolute Gasteiger partial charge is 0.408 e. The van der Waals surface area contributed by atoms with E-state index >= 15 is 0 Å². The van der Waals surface area contributed by atoms with E-state index in [9.17, 15) is 14.0 Å². The van der Waals surface area contributed by atoms with Crippen LogP contribution in [0.15, 0.2) is 18.5 Å². The van der Waals surface area contributed by atoms with E-state index in [1.807, 2.05) is 0 Å². The lowest BCUT2D eigenvalue weighted by Gasteiger charge is -2.19. The Bertz CT molecular complexity index is 455. The van der Waals surface area contributed by atoms with E-state index in [-0.39, 0.29) is 12.1 Å². The predicted octanol–water partition coefficient (Wildman–Crippen LogP) is 1.93. The summed E-state index contributed by atoms with van der Waals surface area (Å²) in [7, 11) is 0. The normalized spacial score (nSPS) is 10.9. The Morgan fingerprint density at radius 1 is 1.44 bits per heavy atom. The number of hydrogen-bond acceptors (Lipinski definition) is 4. The molecule has 0 aromatic carbocycles. The van der Waals surface area contributed by atoms with Gasteiger partial charge in [-0.2, -0.15) is 0 Å². The quantitative estimate of drug-likeness (QED) is 0.837. The first-order valence-corrected chi connectivity index (χ1v) is 5.39. The Labute approximate surface area is 104 Å². The summed E-state index contributed by atoms with van der Waals surface area (Å²) in [6.45, 7) is 4.79. The fourth-order valence-electron chi connectivity index (χ4n) is 1.16. The number of Topliss-reactive ketones (excluding diaryl/α,β-unsaturated/α-hetero) is 1. The van der Waals surface area contributed by atoms with Gasteiger partial charge in [0.25, 0.3) is 0 Å². The molecular weight excluding hydrogens is 239 g/mol. The zero-order valence-electron chi connectivity index (χ0n) is 10.5. The monoisotopic (exact) mass is 254 g/mol. The van der Waals surface area contributed by atoms with Gasteiger partial charge in [0.1, 0.15) is 5.60 Å². The molecule has 98 valence electrons. The minimum absolute atomic E-state index is 0.110. The average molecular weight is 254 g/mol.